The third kappa shape index (κ3) is 3.55. The summed E-state index contributed by atoms with van der Waals surface area (Å²) in [4.78, 5) is 7.94. The number of hydrogen-bond donors (Lipinski definition) is 2. The lowest BCUT2D eigenvalue weighted by molar-refractivity contribution is 0.569. The van der Waals surface area contributed by atoms with Crippen LogP contribution in [0, 0.1) is 0 Å². The summed E-state index contributed by atoms with van der Waals surface area (Å²) in [7, 11) is -1.87. The molecule has 0 aromatic carbocycles. The Morgan fingerprint density at radius 2 is 2.15 bits per heavy atom. The van der Waals surface area contributed by atoms with E-state index in [4.69, 9.17) is 0 Å². The third-order valence-electron chi connectivity index (χ3n) is 2.79. The highest BCUT2D eigenvalue weighted by Crippen LogP contribution is 2.18. The van der Waals surface area contributed by atoms with E-state index in [9.17, 15) is 8.42 Å². The Balaban J connectivity index is 1.94. The van der Waals surface area contributed by atoms with E-state index >= 15 is 0 Å². The molecule has 0 fully saturated rings. The Kier molecular flexibility index (Phi) is 4.70. The van der Waals surface area contributed by atoms with E-state index in [-0.39, 0.29) is 4.90 Å². The predicted molar refractivity (Wildman–Crippen MR) is 75.8 cm³/mol. The van der Waals surface area contributed by atoms with Crippen molar-refractivity contribution in [2.75, 3.05) is 18.9 Å². The van der Waals surface area contributed by atoms with Crippen LogP contribution in [0.4, 0.5) is 5.69 Å². The number of hydrogen-bond acceptors (Lipinski definition) is 5. The van der Waals surface area contributed by atoms with Gasteiger partial charge in [-0.25, -0.2) is 18.1 Å². The minimum absolute atomic E-state index is 0.158. The molecule has 0 saturated carbocycles. The molecule has 20 heavy (non-hydrogen) atoms. The van der Waals surface area contributed by atoms with E-state index in [0.29, 0.717) is 25.2 Å². The SMILES string of the molecule is CNc1ccncc1S(=O)(=O)NCCCn1ccnc1. The lowest BCUT2D eigenvalue weighted by Crippen LogP contribution is -2.26. The fourth-order valence-electron chi connectivity index (χ4n) is 1.77. The van der Waals surface area contributed by atoms with Gasteiger partial charge in [-0.05, 0) is 12.5 Å². The molecule has 7 nitrogen and oxygen atoms in total. The van der Waals surface area contributed by atoms with Gasteiger partial charge in [-0.3, -0.25) is 4.98 Å². The van der Waals surface area contributed by atoms with E-state index in [1.54, 1.807) is 31.8 Å². The zero-order chi connectivity index (χ0) is 14.4. The van der Waals surface area contributed by atoms with Crippen LogP contribution >= 0.6 is 0 Å². The minimum Gasteiger partial charge on any atom is -0.387 e. The Morgan fingerprint density at radius 1 is 1.30 bits per heavy atom. The highest BCUT2D eigenvalue weighted by Gasteiger charge is 2.17. The quantitative estimate of drug-likeness (QED) is 0.734. The Hall–Kier alpha value is -1.93. The molecule has 0 atom stereocenters. The molecular weight excluding hydrogens is 278 g/mol. The molecule has 0 radical (unpaired) electrons. The van der Waals surface area contributed by atoms with Crippen molar-refractivity contribution in [1.82, 2.24) is 19.3 Å². The smallest absolute Gasteiger partial charge is 0.244 e. The zero-order valence-electron chi connectivity index (χ0n) is 11.2. The summed E-state index contributed by atoms with van der Waals surface area (Å²) in [5.74, 6) is 0. The maximum Gasteiger partial charge on any atom is 0.244 e. The minimum atomic E-state index is -3.54. The Labute approximate surface area is 118 Å². The van der Waals surface area contributed by atoms with Crippen molar-refractivity contribution in [2.45, 2.75) is 17.9 Å². The van der Waals surface area contributed by atoms with Gasteiger partial charge in [-0.15, -0.1) is 0 Å². The van der Waals surface area contributed by atoms with Gasteiger partial charge in [0.1, 0.15) is 4.90 Å². The van der Waals surface area contributed by atoms with Crippen LogP contribution in [-0.2, 0) is 16.6 Å². The molecule has 0 unspecified atom stereocenters. The van der Waals surface area contributed by atoms with Gasteiger partial charge in [0.25, 0.3) is 0 Å². The molecule has 2 aromatic heterocycles. The van der Waals surface area contributed by atoms with Crippen LogP contribution in [0.25, 0.3) is 0 Å². The van der Waals surface area contributed by atoms with Crippen molar-refractivity contribution >= 4 is 15.7 Å². The fourth-order valence-corrected chi connectivity index (χ4v) is 2.99. The van der Waals surface area contributed by atoms with Crippen LogP contribution in [0.3, 0.4) is 0 Å². The third-order valence-corrected chi connectivity index (χ3v) is 4.28. The van der Waals surface area contributed by atoms with Crippen LogP contribution in [0.5, 0.6) is 0 Å². The van der Waals surface area contributed by atoms with Gasteiger partial charge in [0.2, 0.25) is 10.0 Å². The standard InChI is InChI=1S/C12H17N5O2S/c1-13-11-3-5-14-9-12(11)20(18,19)16-4-2-7-17-8-6-15-10-17/h3,5-6,8-10,16H,2,4,7H2,1H3,(H,13,14). The lowest BCUT2D eigenvalue weighted by atomic mass is 10.4. The number of aromatic nitrogens is 3. The number of nitrogens with zero attached hydrogens (tertiary/aromatic N) is 3. The van der Waals surface area contributed by atoms with Gasteiger partial charge in [0.05, 0.1) is 12.0 Å². The number of pyridine rings is 1. The van der Waals surface area contributed by atoms with Crippen molar-refractivity contribution in [3.05, 3.63) is 37.2 Å². The summed E-state index contributed by atoms with van der Waals surface area (Å²) in [6.07, 6.45) is 8.81. The molecule has 2 rings (SSSR count). The largest absolute Gasteiger partial charge is 0.387 e. The molecule has 0 amide bonds. The molecule has 2 heterocycles. The topological polar surface area (TPSA) is 88.9 Å². The summed E-state index contributed by atoms with van der Waals surface area (Å²) >= 11 is 0. The van der Waals surface area contributed by atoms with Gasteiger partial charge in [0.15, 0.2) is 0 Å². The summed E-state index contributed by atoms with van der Waals surface area (Å²) in [5.41, 5.74) is 0.530. The van der Waals surface area contributed by atoms with E-state index in [2.05, 4.69) is 20.0 Å². The van der Waals surface area contributed by atoms with Crippen LogP contribution < -0.4 is 10.0 Å². The van der Waals surface area contributed by atoms with Crippen LogP contribution in [0.15, 0.2) is 42.1 Å². The van der Waals surface area contributed by atoms with E-state index in [1.165, 1.54) is 6.20 Å². The number of sulfonamides is 1. The molecular formula is C12H17N5O2S. The molecule has 0 aliphatic carbocycles. The highest BCUT2D eigenvalue weighted by molar-refractivity contribution is 7.89. The molecule has 0 spiro atoms. The van der Waals surface area contributed by atoms with Crippen molar-refractivity contribution in [3.8, 4) is 0 Å². The molecule has 0 aliphatic rings. The zero-order valence-corrected chi connectivity index (χ0v) is 12.0. The maximum atomic E-state index is 12.2. The van der Waals surface area contributed by atoms with Crippen molar-refractivity contribution < 1.29 is 8.42 Å². The summed E-state index contributed by atoms with van der Waals surface area (Å²) in [6, 6.07) is 1.63. The number of anilines is 1. The average molecular weight is 295 g/mol. The number of aryl methyl sites for hydroxylation is 1. The average Bonchev–Trinajstić information content (AvgIpc) is 2.97. The van der Waals surface area contributed by atoms with E-state index in [0.717, 1.165) is 0 Å². The second kappa shape index (κ2) is 6.49. The van der Waals surface area contributed by atoms with Crippen LogP contribution in [0.2, 0.25) is 0 Å². The van der Waals surface area contributed by atoms with Crippen molar-refractivity contribution in [1.29, 1.82) is 0 Å². The van der Waals surface area contributed by atoms with Crippen LogP contribution in [-0.4, -0.2) is 36.5 Å². The molecule has 0 bridgehead atoms. The predicted octanol–water partition coefficient (Wildman–Crippen LogP) is 0.688. The van der Waals surface area contributed by atoms with Crippen LogP contribution in [0.1, 0.15) is 6.42 Å². The van der Waals surface area contributed by atoms with Gasteiger partial charge in [-0.2, -0.15) is 0 Å². The molecule has 0 aliphatic heterocycles. The van der Waals surface area contributed by atoms with Gasteiger partial charge >= 0.3 is 0 Å². The number of nitrogens with one attached hydrogen (secondary N) is 2. The summed E-state index contributed by atoms with van der Waals surface area (Å²) in [5, 5.41) is 2.84. The highest BCUT2D eigenvalue weighted by atomic mass is 32.2. The maximum absolute atomic E-state index is 12.2. The van der Waals surface area contributed by atoms with Gasteiger partial charge in [-0.1, -0.05) is 0 Å². The first-order valence-electron chi connectivity index (χ1n) is 6.20. The number of rotatable bonds is 7. The Morgan fingerprint density at radius 3 is 2.85 bits per heavy atom. The molecule has 2 aromatic rings. The van der Waals surface area contributed by atoms with Crippen molar-refractivity contribution in [2.24, 2.45) is 0 Å². The number of imidazole rings is 1. The normalized spacial score (nSPS) is 11.4. The first-order valence-corrected chi connectivity index (χ1v) is 7.69. The second-order valence-corrected chi connectivity index (χ2v) is 5.91. The molecule has 108 valence electrons. The van der Waals surface area contributed by atoms with E-state index < -0.39 is 10.0 Å². The van der Waals surface area contributed by atoms with Gasteiger partial charge < -0.3 is 9.88 Å². The molecule has 2 N–H and O–H groups in total. The summed E-state index contributed by atoms with van der Waals surface area (Å²) in [6.45, 7) is 1.08. The fraction of sp³-hybridized carbons (Fsp3) is 0.333. The Bertz CT molecular complexity index is 640. The monoisotopic (exact) mass is 295 g/mol. The second-order valence-electron chi connectivity index (χ2n) is 4.17. The van der Waals surface area contributed by atoms with Gasteiger partial charge in [0, 0.05) is 44.9 Å². The summed E-state index contributed by atoms with van der Waals surface area (Å²) < 4.78 is 28.8. The van der Waals surface area contributed by atoms with Crippen molar-refractivity contribution in [3.63, 3.8) is 0 Å². The molecule has 0 saturated heterocycles. The molecule has 8 heteroatoms. The first kappa shape index (κ1) is 14.5. The first-order chi connectivity index (χ1) is 9.63. The van der Waals surface area contributed by atoms with E-state index in [1.807, 2.05) is 10.8 Å². The lowest BCUT2D eigenvalue weighted by Gasteiger charge is -2.10.